The largest absolute Gasteiger partial charge is 0.353 e. The minimum absolute atomic E-state index is 0.105. The van der Waals surface area contributed by atoms with Crippen molar-refractivity contribution in [3.05, 3.63) is 40.6 Å². The van der Waals surface area contributed by atoms with Gasteiger partial charge in [-0.3, -0.25) is 4.79 Å². The first-order chi connectivity index (χ1) is 11.5. The van der Waals surface area contributed by atoms with E-state index in [9.17, 15) is 4.79 Å². The highest BCUT2D eigenvalue weighted by atomic mass is 35.5. The lowest BCUT2D eigenvalue weighted by Crippen LogP contribution is -2.48. The summed E-state index contributed by atoms with van der Waals surface area (Å²) in [5.74, 6) is 1.52. The number of nitrogens with zero attached hydrogens (tertiary/aromatic N) is 4. The Morgan fingerprint density at radius 3 is 2.42 bits per heavy atom. The molecule has 1 saturated heterocycles. The van der Waals surface area contributed by atoms with Gasteiger partial charge in [0.05, 0.1) is 15.7 Å². The topological polar surface area (TPSA) is 61.4 Å². The number of rotatable bonds is 3. The number of carbonyl (C=O) groups is 1. The molecule has 1 fully saturated rings. The van der Waals surface area contributed by atoms with Crippen molar-refractivity contribution in [2.75, 3.05) is 36.4 Å². The summed E-state index contributed by atoms with van der Waals surface area (Å²) in [7, 11) is 0. The van der Waals surface area contributed by atoms with Crippen molar-refractivity contribution in [2.24, 2.45) is 0 Å². The van der Waals surface area contributed by atoms with E-state index in [2.05, 4.69) is 20.2 Å². The molecule has 0 radical (unpaired) electrons. The van der Waals surface area contributed by atoms with Gasteiger partial charge in [0.25, 0.3) is 0 Å². The molecule has 0 aliphatic carbocycles. The fraction of sp³-hybridized carbons (Fsp3) is 0.312. The van der Waals surface area contributed by atoms with Crippen molar-refractivity contribution in [3.63, 3.8) is 0 Å². The quantitative estimate of drug-likeness (QED) is 0.904. The number of amides is 1. The fourth-order valence-corrected chi connectivity index (χ4v) is 3.08. The highest BCUT2D eigenvalue weighted by Crippen LogP contribution is 2.32. The number of benzene rings is 1. The van der Waals surface area contributed by atoms with Gasteiger partial charge < -0.3 is 15.1 Å². The summed E-state index contributed by atoms with van der Waals surface area (Å²) in [6.07, 6.45) is 1.50. The number of hydrogen-bond acceptors (Lipinski definition) is 5. The highest BCUT2D eigenvalue weighted by molar-refractivity contribution is 6.39. The normalized spacial score (nSPS) is 14.6. The first kappa shape index (κ1) is 16.8. The average Bonchev–Trinajstić information content (AvgIpc) is 2.59. The van der Waals surface area contributed by atoms with Crippen LogP contribution in [-0.4, -0.2) is 47.0 Å². The van der Waals surface area contributed by atoms with Crippen LogP contribution in [0.2, 0.25) is 10.0 Å². The van der Waals surface area contributed by atoms with Crippen molar-refractivity contribution in [1.82, 2.24) is 14.9 Å². The van der Waals surface area contributed by atoms with Gasteiger partial charge in [-0.25, -0.2) is 9.97 Å². The fourth-order valence-electron chi connectivity index (χ4n) is 2.58. The Balaban J connectivity index is 1.74. The first-order valence-corrected chi connectivity index (χ1v) is 8.34. The molecule has 0 atom stereocenters. The van der Waals surface area contributed by atoms with E-state index < -0.39 is 0 Å². The summed E-state index contributed by atoms with van der Waals surface area (Å²) >= 11 is 12.4. The first-order valence-electron chi connectivity index (χ1n) is 7.58. The Kier molecular flexibility index (Phi) is 5.06. The van der Waals surface area contributed by atoms with Crippen LogP contribution in [0.15, 0.2) is 30.6 Å². The number of hydrogen-bond donors (Lipinski definition) is 1. The second-order valence-electron chi connectivity index (χ2n) is 5.48. The summed E-state index contributed by atoms with van der Waals surface area (Å²) in [5, 5.41) is 4.19. The predicted molar refractivity (Wildman–Crippen MR) is 96.2 cm³/mol. The molecule has 126 valence electrons. The number of para-hydroxylation sites is 1. The lowest BCUT2D eigenvalue weighted by atomic mass is 10.3. The molecule has 1 aliphatic rings. The average molecular weight is 366 g/mol. The Labute approximate surface area is 150 Å². The van der Waals surface area contributed by atoms with Crippen molar-refractivity contribution >= 4 is 46.4 Å². The lowest BCUT2D eigenvalue weighted by molar-refractivity contribution is -0.129. The van der Waals surface area contributed by atoms with E-state index in [4.69, 9.17) is 23.2 Å². The molecular formula is C16H17Cl2N5O. The van der Waals surface area contributed by atoms with Crippen LogP contribution >= 0.6 is 23.2 Å². The third-order valence-corrected chi connectivity index (χ3v) is 4.55. The number of carbonyl (C=O) groups excluding carboxylic acids is 1. The Hall–Kier alpha value is -2.05. The van der Waals surface area contributed by atoms with Gasteiger partial charge in [0, 0.05) is 39.2 Å². The molecule has 1 aromatic heterocycles. The molecule has 0 spiro atoms. The van der Waals surface area contributed by atoms with E-state index >= 15 is 0 Å². The van der Waals surface area contributed by atoms with E-state index in [-0.39, 0.29) is 5.91 Å². The third-order valence-electron chi connectivity index (χ3n) is 3.92. The van der Waals surface area contributed by atoms with Crippen molar-refractivity contribution in [2.45, 2.75) is 6.92 Å². The molecule has 2 aromatic rings. The maximum absolute atomic E-state index is 11.4. The van der Waals surface area contributed by atoms with Crippen LogP contribution in [0.25, 0.3) is 0 Å². The zero-order valence-electron chi connectivity index (χ0n) is 13.2. The summed E-state index contributed by atoms with van der Waals surface area (Å²) in [4.78, 5) is 23.9. The van der Waals surface area contributed by atoms with Gasteiger partial charge >= 0.3 is 0 Å². The van der Waals surface area contributed by atoms with E-state index in [1.54, 1.807) is 25.1 Å². The van der Waals surface area contributed by atoms with Gasteiger partial charge in [0.15, 0.2) is 0 Å². The predicted octanol–water partition coefficient (Wildman–Crippen LogP) is 3.20. The summed E-state index contributed by atoms with van der Waals surface area (Å²) in [6.45, 7) is 4.46. The van der Waals surface area contributed by atoms with Crippen molar-refractivity contribution in [1.29, 1.82) is 0 Å². The monoisotopic (exact) mass is 365 g/mol. The molecule has 1 aromatic carbocycles. The van der Waals surface area contributed by atoms with Crippen LogP contribution in [0.3, 0.4) is 0 Å². The number of nitrogens with one attached hydrogen (secondary N) is 1. The molecule has 0 bridgehead atoms. The molecular weight excluding hydrogens is 349 g/mol. The summed E-state index contributed by atoms with van der Waals surface area (Å²) < 4.78 is 0. The van der Waals surface area contributed by atoms with E-state index in [1.165, 1.54) is 6.33 Å². The van der Waals surface area contributed by atoms with Crippen LogP contribution in [0.1, 0.15) is 6.92 Å². The summed E-state index contributed by atoms with van der Waals surface area (Å²) in [6, 6.07) is 7.16. The molecule has 0 saturated carbocycles. The minimum atomic E-state index is 0.105. The number of halogens is 2. The second-order valence-corrected chi connectivity index (χ2v) is 6.29. The van der Waals surface area contributed by atoms with E-state index in [1.807, 2.05) is 11.0 Å². The maximum atomic E-state index is 11.4. The highest BCUT2D eigenvalue weighted by Gasteiger charge is 2.20. The zero-order valence-corrected chi connectivity index (χ0v) is 14.7. The van der Waals surface area contributed by atoms with E-state index in [0.29, 0.717) is 34.6 Å². The Bertz CT molecular complexity index is 727. The molecule has 24 heavy (non-hydrogen) atoms. The zero-order chi connectivity index (χ0) is 17.1. The molecule has 1 N–H and O–H groups in total. The molecule has 2 heterocycles. The van der Waals surface area contributed by atoms with Gasteiger partial charge in [-0.2, -0.15) is 0 Å². The standard InChI is InChI=1S/C16H17Cl2N5O/c1-11(24)22-5-7-23(8-6-22)15-9-14(19-10-20-15)21-16-12(17)3-2-4-13(16)18/h2-4,9-10H,5-8H2,1H3,(H,19,20,21). The van der Waals surface area contributed by atoms with Gasteiger partial charge in [0.2, 0.25) is 5.91 Å². The SMILES string of the molecule is CC(=O)N1CCN(c2cc(Nc3c(Cl)cccc3Cl)ncn2)CC1. The molecule has 8 heteroatoms. The molecule has 0 unspecified atom stereocenters. The van der Waals surface area contributed by atoms with Gasteiger partial charge in [-0.15, -0.1) is 0 Å². The molecule has 1 aliphatic heterocycles. The van der Waals surface area contributed by atoms with Crippen LogP contribution < -0.4 is 10.2 Å². The number of anilines is 3. The van der Waals surface area contributed by atoms with Crippen LogP contribution in [0, 0.1) is 0 Å². The number of piperazine rings is 1. The third kappa shape index (κ3) is 3.71. The van der Waals surface area contributed by atoms with Crippen LogP contribution in [-0.2, 0) is 4.79 Å². The number of aromatic nitrogens is 2. The van der Waals surface area contributed by atoms with Crippen molar-refractivity contribution < 1.29 is 4.79 Å². The maximum Gasteiger partial charge on any atom is 0.219 e. The summed E-state index contributed by atoms with van der Waals surface area (Å²) in [5.41, 5.74) is 0.617. The van der Waals surface area contributed by atoms with Crippen LogP contribution in [0.4, 0.5) is 17.3 Å². The minimum Gasteiger partial charge on any atom is -0.353 e. The van der Waals surface area contributed by atoms with Crippen LogP contribution in [0.5, 0.6) is 0 Å². The van der Waals surface area contributed by atoms with Gasteiger partial charge in [-0.1, -0.05) is 29.3 Å². The van der Waals surface area contributed by atoms with Gasteiger partial charge in [0.1, 0.15) is 18.0 Å². The molecule has 6 nitrogen and oxygen atoms in total. The lowest BCUT2D eigenvalue weighted by Gasteiger charge is -2.34. The Morgan fingerprint density at radius 1 is 1.12 bits per heavy atom. The van der Waals surface area contributed by atoms with E-state index in [0.717, 1.165) is 18.9 Å². The second kappa shape index (κ2) is 7.23. The van der Waals surface area contributed by atoms with Gasteiger partial charge in [-0.05, 0) is 12.1 Å². The molecule has 1 amide bonds. The smallest absolute Gasteiger partial charge is 0.219 e. The Morgan fingerprint density at radius 2 is 1.79 bits per heavy atom. The van der Waals surface area contributed by atoms with Crippen molar-refractivity contribution in [3.8, 4) is 0 Å². The molecule has 3 rings (SSSR count).